The summed E-state index contributed by atoms with van der Waals surface area (Å²) in [6.45, 7) is 1.93. The molecule has 7 heteroatoms. The highest BCUT2D eigenvalue weighted by atomic mass is 19.1. The molecule has 3 aromatic rings. The van der Waals surface area contributed by atoms with Crippen LogP contribution < -0.4 is 10.6 Å². The SMILES string of the molecule is Cc1ccc(C(=O)Nc2ccc(Nc3c(F)cccc3F)nn2)cc1. The summed E-state index contributed by atoms with van der Waals surface area (Å²) in [7, 11) is 0. The molecular formula is C18H14F2N4O. The monoisotopic (exact) mass is 340 g/mol. The number of hydrogen-bond donors (Lipinski definition) is 2. The number of rotatable bonds is 4. The molecule has 0 bridgehead atoms. The average Bonchev–Trinajstić information content (AvgIpc) is 2.60. The largest absolute Gasteiger partial charge is 0.334 e. The van der Waals surface area contributed by atoms with E-state index in [4.69, 9.17) is 0 Å². The number of nitrogens with one attached hydrogen (secondary N) is 2. The zero-order chi connectivity index (χ0) is 17.8. The molecule has 3 rings (SSSR count). The number of carbonyl (C=O) groups excluding carboxylic acids is 1. The van der Waals surface area contributed by atoms with E-state index >= 15 is 0 Å². The van der Waals surface area contributed by atoms with Gasteiger partial charge >= 0.3 is 0 Å². The number of halogens is 2. The second-order valence-corrected chi connectivity index (χ2v) is 5.35. The first kappa shape index (κ1) is 16.5. The molecule has 0 fully saturated rings. The molecule has 0 aliphatic heterocycles. The molecule has 1 heterocycles. The fourth-order valence-electron chi connectivity index (χ4n) is 2.10. The van der Waals surface area contributed by atoms with Crippen LogP contribution in [0.1, 0.15) is 15.9 Å². The van der Waals surface area contributed by atoms with Crippen LogP contribution in [-0.2, 0) is 0 Å². The van der Waals surface area contributed by atoms with Crippen molar-refractivity contribution in [2.45, 2.75) is 6.92 Å². The highest BCUT2D eigenvalue weighted by Crippen LogP contribution is 2.22. The van der Waals surface area contributed by atoms with Crippen molar-refractivity contribution in [2.75, 3.05) is 10.6 Å². The Morgan fingerprint density at radius 3 is 2.08 bits per heavy atom. The first-order valence-corrected chi connectivity index (χ1v) is 7.46. The molecule has 25 heavy (non-hydrogen) atoms. The Hall–Kier alpha value is -3.35. The zero-order valence-electron chi connectivity index (χ0n) is 13.3. The smallest absolute Gasteiger partial charge is 0.256 e. The lowest BCUT2D eigenvalue weighted by molar-refractivity contribution is 0.102. The summed E-state index contributed by atoms with van der Waals surface area (Å²) in [6, 6.07) is 13.6. The van der Waals surface area contributed by atoms with Gasteiger partial charge in [0.2, 0.25) is 0 Å². The predicted octanol–water partition coefficient (Wildman–Crippen LogP) is 4.06. The number of aryl methyl sites for hydroxylation is 1. The van der Waals surface area contributed by atoms with Crippen LogP contribution in [0.5, 0.6) is 0 Å². The minimum atomic E-state index is -0.737. The Kier molecular flexibility index (Phi) is 4.65. The van der Waals surface area contributed by atoms with Crippen LogP contribution in [0, 0.1) is 18.6 Å². The summed E-state index contributed by atoms with van der Waals surface area (Å²) in [4.78, 5) is 12.1. The van der Waals surface area contributed by atoms with E-state index in [1.165, 1.54) is 18.2 Å². The highest BCUT2D eigenvalue weighted by Gasteiger charge is 2.10. The third-order valence-electron chi connectivity index (χ3n) is 3.44. The van der Waals surface area contributed by atoms with Crippen molar-refractivity contribution >= 4 is 23.2 Å². The number of para-hydroxylation sites is 1. The van der Waals surface area contributed by atoms with Crippen molar-refractivity contribution in [1.29, 1.82) is 0 Å². The lowest BCUT2D eigenvalue weighted by Gasteiger charge is -2.08. The van der Waals surface area contributed by atoms with Gasteiger partial charge in [-0.1, -0.05) is 23.8 Å². The molecule has 0 aliphatic carbocycles. The van der Waals surface area contributed by atoms with Gasteiger partial charge in [-0.3, -0.25) is 4.79 Å². The fourth-order valence-corrected chi connectivity index (χ4v) is 2.10. The molecular weight excluding hydrogens is 326 g/mol. The minimum absolute atomic E-state index is 0.150. The number of hydrogen-bond acceptors (Lipinski definition) is 4. The van der Waals surface area contributed by atoms with E-state index in [1.807, 2.05) is 19.1 Å². The summed E-state index contributed by atoms with van der Waals surface area (Å²) in [5.41, 5.74) is 1.23. The van der Waals surface area contributed by atoms with Gasteiger partial charge in [-0.25, -0.2) is 8.78 Å². The van der Waals surface area contributed by atoms with Crippen LogP contribution >= 0.6 is 0 Å². The van der Waals surface area contributed by atoms with E-state index in [0.717, 1.165) is 17.7 Å². The van der Waals surface area contributed by atoms with Crippen LogP contribution in [0.25, 0.3) is 0 Å². The first-order chi connectivity index (χ1) is 12.0. The molecule has 2 aromatic carbocycles. The Morgan fingerprint density at radius 1 is 0.880 bits per heavy atom. The van der Waals surface area contributed by atoms with E-state index in [1.54, 1.807) is 12.1 Å². The molecule has 0 atom stereocenters. The number of amides is 1. The minimum Gasteiger partial charge on any atom is -0.334 e. The molecule has 0 radical (unpaired) electrons. The van der Waals surface area contributed by atoms with E-state index in [-0.39, 0.29) is 23.2 Å². The van der Waals surface area contributed by atoms with Gasteiger partial charge in [0.05, 0.1) is 0 Å². The second-order valence-electron chi connectivity index (χ2n) is 5.35. The summed E-state index contributed by atoms with van der Waals surface area (Å²) in [5.74, 6) is -1.42. The third-order valence-corrected chi connectivity index (χ3v) is 3.44. The number of nitrogens with zero attached hydrogens (tertiary/aromatic N) is 2. The first-order valence-electron chi connectivity index (χ1n) is 7.46. The number of benzene rings is 2. The molecule has 0 aliphatic rings. The number of anilines is 3. The maximum Gasteiger partial charge on any atom is 0.256 e. The molecule has 0 saturated heterocycles. The lowest BCUT2D eigenvalue weighted by Crippen LogP contribution is -2.13. The van der Waals surface area contributed by atoms with E-state index in [0.29, 0.717) is 5.56 Å². The summed E-state index contributed by atoms with van der Waals surface area (Å²) >= 11 is 0. The zero-order valence-corrected chi connectivity index (χ0v) is 13.3. The van der Waals surface area contributed by atoms with E-state index < -0.39 is 11.6 Å². The Morgan fingerprint density at radius 2 is 1.48 bits per heavy atom. The number of aromatic nitrogens is 2. The van der Waals surface area contributed by atoms with Crippen molar-refractivity contribution < 1.29 is 13.6 Å². The third kappa shape index (κ3) is 3.95. The maximum atomic E-state index is 13.6. The van der Waals surface area contributed by atoms with Crippen molar-refractivity contribution in [3.63, 3.8) is 0 Å². The Labute approximate surface area is 142 Å². The van der Waals surface area contributed by atoms with Crippen LogP contribution in [0.4, 0.5) is 26.1 Å². The van der Waals surface area contributed by atoms with Gasteiger partial charge in [-0.2, -0.15) is 0 Å². The van der Waals surface area contributed by atoms with Crippen molar-refractivity contribution in [2.24, 2.45) is 0 Å². The van der Waals surface area contributed by atoms with Crippen LogP contribution in [-0.4, -0.2) is 16.1 Å². The van der Waals surface area contributed by atoms with Gasteiger partial charge in [0.15, 0.2) is 11.6 Å². The van der Waals surface area contributed by atoms with E-state index in [9.17, 15) is 13.6 Å². The Bertz CT molecular complexity index is 876. The van der Waals surface area contributed by atoms with Crippen LogP contribution in [0.15, 0.2) is 54.6 Å². The molecule has 5 nitrogen and oxygen atoms in total. The maximum absolute atomic E-state index is 13.6. The summed E-state index contributed by atoms with van der Waals surface area (Å²) < 4.78 is 27.2. The van der Waals surface area contributed by atoms with Crippen molar-refractivity contribution in [1.82, 2.24) is 10.2 Å². The topological polar surface area (TPSA) is 66.9 Å². The molecule has 2 N–H and O–H groups in total. The normalized spacial score (nSPS) is 10.4. The van der Waals surface area contributed by atoms with Gasteiger partial charge in [-0.15, -0.1) is 10.2 Å². The van der Waals surface area contributed by atoms with Crippen LogP contribution in [0.2, 0.25) is 0 Å². The summed E-state index contributed by atoms with van der Waals surface area (Å²) in [6.07, 6.45) is 0. The lowest BCUT2D eigenvalue weighted by atomic mass is 10.1. The fraction of sp³-hybridized carbons (Fsp3) is 0.0556. The van der Waals surface area contributed by atoms with Crippen molar-refractivity contribution in [3.05, 3.63) is 77.4 Å². The van der Waals surface area contributed by atoms with Gasteiger partial charge in [0.25, 0.3) is 5.91 Å². The molecule has 1 amide bonds. The van der Waals surface area contributed by atoms with Gasteiger partial charge in [0.1, 0.15) is 17.3 Å². The molecule has 0 unspecified atom stereocenters. The molecule has 0 spiro atoms. The molecule has 0 saturated carbocycles. The predicted molar refractivity (Wildman–Crippen MR) is 90.8 cm³/mol. The Balaban J connectivity index is 1.70. The summed E-state index contributed by atoms with van der Waals surface area (Å²) in [5, 5.41) is 12.8. The average molecular weight is 340 g/mol. The van der Waals surface area contributed by atoms with Crippen molar-refractivity contribution in [3.8, 4) is 0 Å². The van der Waals surface area contributed by atoms with E-state index in [2.05, 4.69) is 20.8 Å². The van der Waals surface area contributed by atoms with Gasteiger partial charge < -0.3 is 10.6 Å². The number of carbonyl (C=O) groups is 1. The highest BCUT2D eigenvalue weighted by molar-refractivity contribution is 6.03. The molecule has 1 aromatic heterocycles. The van der Waals surface area contributed by atoms with Crippen LogP contribution in [0.3, 0.4) is 0 Å². The standard InChI is InChI=1S/C18H14F2N4O/c1-11-5-7-12(8-6-11)18(25)22-16-10-9-15(23-24-16)21-17-13(19)3-2-4-14(17)20/h2-10H,1H3,(H,21,23)(H,22,24,25). The van der Waals surface area contributed by atoms with Gasteiger partial charge in [-0.05, 0) is 43.3 Å². The quantitative estimate of drug-likeness (QED) is 0.752. The molecule has 126 valence electrons. The van der Waals surface area contributed by atoms with Gasteiger partial charge in [0, 0.05) is 5.56 Å². The second kappa shape index (κ2) is 7.04.